The molecule has 1 heterocycles. The number of ether oxygens (including phenoxy) is 1. The minimum absolute atomic E-state index is 0.220. The molecule has 1 aromatic carbocycles. The Kier molecular flexibility index (Phi) is 4.04. The zero-order valence-corrected chi connectivity index (χ0v) is 12.8. The Bertz CT molecular complexity index is 575. The van der Waals surface area contributed by atoms with Gasteiger partial charge in [-0.2, -0.15) is 0 Å². The van der Waals surface area contributed by atoms with Crippen molar-refractivity contribution in [2.45, 2.75) is 39.6 Å². The molecule has 0 aliphatic carbocycles. The molecular weight excluding hydrogens is 260 g/mol. The molecule has 0 aliphatic rings. The highest BCUT2D eigenvalue weighted by atomic mass is 35.5. The van der Waals surface area contributed by atoms with Crippen LogP contribution in [0.3, 0.4) is 0 Å². The second-order valence-electron chi connectivity index (χ2n) is 5.62. The number of methoxy groups -OCH3 is 1. The minimum Gasteiger partial charge on any atom is -0.497 e. The quantitative estimate of drug-likeness (QED) is 0.767. The Morgan fingerprint density at radius 3 is 2.68 bits per heavy atom. The summed E-state index contributed by atoms with van der Waals surface area (Å²) in [6.07, 6.45) is 1.11. The summed E-state index contributed by atoms with van der Waals surface area (Å²) in [5, 5.41) is 0. The average Bonchev–Trinajstić information content (AvgIpc) is 2.75. The van der Waals surface area contributed by atoms with Gasteiger partial charge in [0.15, 0.2) is 0 Å². The van der Waals surface area contributed by atoms with Gasteiger partial charge in [0.2, 0.25) is 0 Å². The number of fused-ring (bicyclic) bond motifs is 1. The van der Waals surface area contributed by atoms with E-state index in [1.807, 2.05) is 18.2 Å². The summed E-state index contributed by atoms with van der Waals surface area (Å²) >= 11 is 6.03. The zero-order chi connectivity index (χ0) is 14.0. The first-order valence-electron chi connectivity index (χ1n) is 6.60. The lowest BCUT2D eigenvalue weighted by Gasteiger charge is -2.24. The minimum atomic E-state index is 0.220. The van der Waals surface area contributed by atoms with Crippen molar-refractivity contribution >= 4 is 22.6 Å². The third-order valence-corrected chi connectivity index (χ3v) is 3.94. The van der Waals surface area contributed by atoms with Crippen LogP contribution in [0.15, 0.2) is 18.2 Å². The smallest absolute Gasteiger partial charge is 0.124 e. The van der Waals surface area contributed by atoms with E-state index in [1.165, 1.54) is 0 Å². The number of hydrogen-bond donors (Lipinski definition) is 0. The first-order valence-corrected chi connectivity index (χ1v) is 7.13. The van der Waals surface area contributed by atoms with E-state index in [-0.39, 0.29) is 5.41 Å². The van der Waals surface area contributed by atoms with Crippen LogP contribution in [-0.4, -0.2) is 16.7 Å². The van der Waals surface area contributed by atoms with E-state index in [1.54, 1.807) is 7.11 Å². The number of aromatic nitrogens is 2. The second kappa shape index (κ2) is 5.41. The number of hydrogen-bond acceptors (Lipinski definition) is 2. The lowest BCUT2D eigenvalue weighted by Crippen LogP contribution is -2.19. The van der Waals surface area contributed by atoms with Crippen molar-refractivity contribution in [3.8, 4) is 5.75 Å². The van der Waals surface area contributed by atoms with Crippen LogP contribution in [0.25, 0.3) is 11.0 Å². The zero-order valence-electron chi connectivity index (χ0n) is 12.0. The first-order chi connectivity index (χ1) is 9.00. The molecule has 0 fully saturated rings. The number of halogens is 1. The highest BCUT2D eigenvalue weighted by Gasteiger charge is 2.20. The number of alkyl halides is 1. The molecule has 1 aromatic heterocycles. The highest BCUT2D eigenvalue weighted by molar-refractivity contribution is 6.16. The molecule has 2 aromatic rings. The molecule has 2 rings (SSSR count). The van der Waals surface area contributed by atoms with Crippen molar-refractivity contribution in [3.63, 3.8) is 0 Å². The molecule has 104 valence electrons. The van der Waals surface area contributed by atoms with Crippen LogP contribution in [0.4, 0.5) is 0 Å². The number of imidazole rings is 1. The van der Waals surface area contributed by atoms with Crippen LogP contribution in [0.5, 0.6) is 5.75 Å². The highest BCUT2D eigenvalue weighted by Crippen LogP contribution is 2.28. The Morgan fingerprint density at radius 1 is 1.37 bits per heavy atom. The Hall–Kier alpha value is -1.22. The number of rotatable bonds is 5. The van der Waals surface area contributed by atoms with Gasteiger partial charge in [-0.25, -0.2) is 4.98 Å². The molecule has 0 atom stereocenters. The molecule has 0 saturated carbocycles. The molecule has 19 heavy (non-hydrogen) atoms. The molecule has 0 spiro atoms. The average molecular weight is 281 g/mol. The van der Waals surface area contributed by atoms with Crippen molar-refractivity contribution in [3.05, 3.63) is 24.0 Å². The lowest BCUT2D eigenvalue weighted by molar-refractivity contribution is 0.295. The molecule has 4 heteroatoms. The van der Waals surface area contributed by atoms with E-state index < -0.39 is 0 Å². The summed E-state index contributed by atoms with van der Waals surface area (Å²) in [5.74, 6) is 2.20. The summed E-state index contributed by atoms with van der Waals surface area (Å²) in [6, 6.07) is 5.95. The largest absolute Gasteiger partial charge is 0.497 e. The van der Waals surface area contributed by atoms with Gasteiger partial charge < -0.3 is 9.30 Å². The van der Waals surface area contributed by atoms with Crippen LogP contribution in [0.2, 0.25) is 0 Å². The second-order valence-corrected chi connectivity index (χ2v) is 5.89. The van der Waals surface area contributed by atoms with Crippen molar-refractivity contribution in [2.75, 3.05) is 7.11 Å². The van der Waals surface area contributed by atoms with Crippen LogP contribution in [0.1, 0.15) is 33.0 Å². The number of benzene rings is 1. The van der Waals surface area contributed by atoms with Crippen LogP contribution >= 0.6 is 11.6 Å². The van der Waals surface area contributed by atoms with Gasteiger partial charge >= 0.3 is 0 Å². The van der Waals surface area contributed by atoms with Crippen molar-refractivity contribution in [1.29, 1.82) is 0 Å². The standard InChI is InChI=1S/C15H21ClN2O/c1-5-15(2,3)10-18-13-8-11(19-4)6-7-12(13)17-14(18)9-16/h6-8H,5,9-10H2,1-4H3. The van der Waals surface area contributed by atoms with Gasteiger partial charge in [0.25, 0.3) is 0 Å². The maximum absolute atomic E-state index is 6.03. The topological polar surface area (TPSA) is 27.1 Å². The normalized spacial score (nSPS) is 12.1. The Morgan fingerprint density at radius 2 is 2.11 bits per heavy atom. The van der Waals surface area contributed by atoms with Gasteiger partial charge in [-0.05, 0) is 24.0 Å². The molecule has 0 unspecified atom stereocenters. The fraction of sp³-hybridized carbons (Fsp3) is 0.533. The summed E-state index contributed by atoms with van der Waals surface area (Å²) in [5.41, 5.74) is 2.29. The summed E-state index contributed by atoms with van der Waals surface area (Å²) in [6.45, 7) is 7.64. The van der Waals surface area contributed by atoms with Gasteiger partial charge in [-0.15, -0.1) is 11.6 Å². The lowest BCUT2D eigenvalue weighted by atomic mass is 9.90. The van der Waals surface area contributed by atoms with Crippen LogP contribution in [-0.2, 0) is 12.4 Å². The molecule has 0 bridgehead atoms. The molecule has 0 N–H and O–H groups in total. The van der Waals surface area contributed by atoms with Gasteiger partial charge in [0, 0.05) is 12.6 Å². The molecule has 0 aliphatic heterocycles. The molecule has 0 amide bonds. The molecule has 3 nitrogen and oxygen atoms in total. The van der Waals surface area contributed by atoms with E-state index in [0.29, 0.717) is 5.88 Å². The number of nitrogens with zero attached hydrogens (tertiary/aromatic N) is 2. The van der Waals surface area contributed by atoms with Crippen molar-refractivity contribution in [1.82, 2.24) is 9.55 Å². The summed E-state index contributed by atoms with van der Waals surface area (Å²) in [7, 11) is 1.68. The predicted molar refractivity (Wildman–Crippen MR) is 79.9 cm³/mol. The van der Waals surface area contributed by atoms with E-state index in [2.05, 4.69) is 30.3 Å². The van der Waals surface area contributed by atoms with E-state index in [9.17, 15) is 0 Å². The third kappa shape index (κ3) is 2.86. The predicted octanol–water partition coefficient (Wildman–Crippen LogP) is 4.22. The SMILES string of the molecule is CCC(C)(C)Cn1c(CCl)nc2ccc(OC)cc21. The first kappa shape index (κ1) is 14.2. The maximum atomic E-state index is 6.03. The van der Waals surface area contributed by atoms with Gasteiger partial charge in [-0.1, -0.05) is 20.8 Å². The Balaban J connectivity index is 2.55. The van der Waals surface area contributed by atoms with E-state index >= 15 is 0 Å². The maximum Gasteiger partial charge on any atom is 0.124 e. The molecular formula is C15H21ClN2O. The van der Waals surface area contributed by atoms with E-state index in [0.717, 1.165) is 35.6 Å². The third-order valence-electron chi connectivity index (χ3n) is 3.70. The molecule has 0 radical (unpaired) electrons. The van der Waals surface area contributed by atoms with Gasteiger partial charge in [0.05, 0.1) is 24.0 Å². The fourth-order valence-corrected chi connectivity index (χ4v) is 2.30. The van der Waals surface area contributed by atoms with Crippen molar-refractivity contribution in [2.24, 2.45) is 5.41 Å². The fourth-order valence-electron chi connectivity index (χ4n) is 2.10. The monoisotopic (exact) mass is 280 g/mol. The van der Waals surface area contributed by atoms with Crippen LogP contribution < -0.4 is 4.74 Å². The summed E-state index contributed by atoms with van der Waals surface area (Å²) < 4.78 is 7.52. The van der Waals surface area contributed by atoms with Crippen LogP contribution in [0, 0.1) is 5.41 Å². The molecule has 0 saturated heterocycles. The van der Waals surface area contributed by atoms with Gasteiger partial charge in [-0.3, -0.25) is 0 Å². The van der Waals surface area contributed by atoms with E-state index in [4.69, 9.17) is 16.3 Å². The van der Waals surface area contributed by atoms with Gasteiger partial charge in [0.1, 0.15) is 11.6 Å². The van der Waals surface area contributed by atoms with Crippen molar-refractivity contribution < 1.29 is 4.74 Å². The Labute approximate surface area is 119 Å². The summed E-state index contributed by atoms with van der Waals surface area (Å²) in [4.78, 5) is 4.60.